The Morgan fingerprint density at radius 2 is 2.28 bits per heavy atom. The maximum atomic E-state index is 11.0. The third-order valence-electron chi connectivity index (χ3n) is 3.25. The second-order valence-corrected chi connectivity index (χ2v) is 4.86. The zero-order valence-electron chi connectivity index (χ0n) is 10.1. The van der Waals surface area contributed by atoms with E-state index in [0.717, 1.165) is 24.2 Å². The van der Waals surface area contributed by atoms with Gasteiger partial charge >= 0.3 is 5.97 Å². The smallest absolute Gasteiger partial charge is 0.320 e. The summed E-state index contributed by atoms with van der Waals surface area (Å²) in [5.74, 6) is -0.0661. The van der Waals surface area contributed by atoms with Gasteiger partial charge in [-0.05, 0) is 37.5 Å². The summed E-state index contributed by atoms with van der Waals surface area (Å²) >= 11 is 5.99. The zero-order chi connectivity index (χ0) is 13.1. The van der Waals surface area contributed by atoms with Gasteiger partial charge in [0.1, 0.15) is 11.8 Å². The summed E-state index contributed by atoms with van der Waals surface area (Å²) in [5, 5.41) is 12.8. The third kappa shape index (κ3) is 2.76. The second-order valence-electron chi connectivity index (χ2n) is 4.43. The molecule has 1 fully saturated rings. The van der Waals surface area contributed by atoms with E-state index in [1.807, 2.05) is 12.1 Å². The van der Waals surface area contributed by atoms with Crippen molar-refractivity contribution < 1.29 is 14.6 Å². The fraction of sp³-hybridized carbons (Fsp3) is 0.462. The van der Waals surface area contributed by atoms with E-state index in [0.29, 0.717) is 11.4 Å². The van der Waals surface area contributed by atoms with Crippen molar-refractivity contribution in [2.24, 2.45) is 0 Å². The molecule has 18 heavy (non-hydrogen) atoms. The molecule has 1 aliphatic heterocycles. The largest absolute Gasteiger partial charge is 0.496 e. The predicted octanol–water partition coefficient (Wildman–Crippen LogP) is 2.62. The van der Waals surface area contributed by atoms with Crippen LogP contribution >= 0.6 is 11.6 Å². The van der Waals surface area contributed by atoms with Crippen LogP contribution in [0.4, 0.5) is 0 Å². The fourth-order valence-corrected chi connectivity index (χ4v) is 2.53. The van der Waals surface area contributed by atoms with Crippen LogP contribution in [0.15, 0.2) is 18.2 Å². The van der Waals surface area contributed by atoms with E-state index in [1.165, 1.54) is 0 Å². The van der Waals surface area contributed by atoms with E-state index in [1.54, 1.807) is 13.2 Å². The average molecular weight is 270 g/mol. The minimum atomic E-state index is -0.805. The standard InChI is InChI=1S/C13H16ClNO3/c1-18-12-6-5-8(14)7-9(12)10-3-2-4-11(15-10)13(16)17/h5-7,10-11,15H,2-4H2,1H3,(H,16,17). The number of hydrogen-bond donors (Lipinski definition) is 2. The molecule has 0 aliphatic carbocycles. The van der Waals surface area contributed by atoms with Crippen LogP contribution in [0, 0.1) is 0 Å². The highest BCUT2D eigenvalue weighted by molar-refractivity contribution is 6.30. The van der Waals surface area contributed by atoms with Gasteiger partial charge in [0, 0.05) is 16.6 Å². The Bertz CT molecular complexity index is 450. The van der Waals surface area contributed by atoms with E-state index in [4.69, 9.17) is 21.4 Å². The Balaban J connectivity index is 2.25. The number of carboxylic acids is 1. The number of nitrogens with one attached hydrogen (secondary N) is 1. The van der Waals surface area contributed by atoms with Crippen LogP contribution in [-0.4, -0.2) is 24.2 Å². The highest BCUT2D eigenvalue weighted by Crippen LogP contribution is 2.33. The molecule has 0 radical (unpaired) electrons. The Kier molecular flexibility index (Phi) is 4.09. The molecule has 0 aromatic heterocycles. The van der Waals surface area contributed by atoms with Gasteiger partial charge in [0.05, 0.1) is 7.11 Å². The fourth-order valence-electron chi connectivity index (χ4n) is 2.35. The lowest BCUT2D eigenvalue weighted by Gasteiger charge is -2.29. The van der Waals surface area contributed by atoms with Crippen molar-refractivity contribution in [2.45, 2.75) is 31.3 Å². The van der Waals surface area contributed by atoms with Crippen molar-refractivity contribution in [3.8, 4) is 5.75 Å². The summed E-state index contributed by atoms with van der Waals surface area (Å²) < 4.78 is 5.30. The molecule has 1 heterocycles. The molecule has 0 amide bonds. The lowest BCUT2D eigenvalue weighted by Crippen LogP contribution is -2.42. The maximum absolute atomic E-state index is 11.0. The van der Waals surface area contributed by atoms with Crippen LogP contribution in [-0.2, 0) is 4.79 Å². The van der Waals surface area contributed by atoms with Crippen molar-refractivity contribution >= 4 is 17.6 Å². The van der Waals surface area contributed by atoms with Gasteiger partial charge in [0.25, 0.3) is 0 Å². The Labute approximate surface area is 111 Å². The second kappa shape index (κ2) is 5.59. The minimum absolute atomic E-state index is 0.0199. The number of benzene rings is 1. The van der Waals surface area contributed by atoms with Gasteiger partial charge in [0.2, 0.25) is 0 Å². The molecule has 1 saturated heterocycles. The molecule has 0 saturated carbocycles. The van der Waals surface area contributed by atoms with Crippen LogP contribution in [0.25, 0.3) is 0 Å². The normalized spacial score (nSPS) is 23.7. The molecule has 4 nitrogen and oxygen atoms in total. The predicted molar refractivity (Wildman–Crippen MR) is 69.2 cm³/mol. The highest BCUT2D eigenvalue weighted by atomic mass is 35.5. The first-order valence-electron chi connectivity index (χ1n) is 5.94. The lowest BCUT2D eigenvalue weighted by atomic mass is 9.93. The molecule has 1 aromatic rings. The highest BCUT2D eigenvalue weighted by Gasteiger charge is 2.28. The van der Waals surface area contributed by atoms with Crippen molar-refractivity contribution in [1.29, 1.82) is 0 Å². The molecule has 2 unspecified atom stereocenters. The molecule has 2 rings (SSSR count). The number of piperidine rings is 1. The maximum Gasteiger partial charge on any atom is 0.320 e. The van der Waals surface area contributed by atoms with Gasteiger partial charge in [-0.1, -0.05) is 11.6 Å². The van der Waals surface area contributed by atoms with E-state index >= 15 is 0 Å². The van der Waals surface area contributed by atoms with Crippen LogP contribution < -0.4 is 10.1 Å². The quantitative estimate of drug-likeness (QED) is 0.886. The topological polar surface area (TPSA) is 58.6 Å². The number of aliphatic carboxylic acids is 1. The summed E-state index contributed by atoms with van der Waals surface area (Å²) in [7, 11) is 1.60. The number of methoxy groups -OCH3 is 1. The summed E-state index contributed by atoms with van der Waals surface area (Å²) in [6.07, 6.45) is 2.43. The number of carbonyl (C=O) groups is 1. The van der Waals surface area contributed by atoms with Crippen LogP contribution in [0.2, 0.25) is 5.02 Å². The van der Waals surface area contributed by atoms with Gasteiger partial charge in [-0.15, -0.1) is 0 Å². The molecule has 2 atom stereocenters. The van der Waals surface area contributed by atoms with Crippen molar-refractivity contribution in [2.75, 3.05) is 7.11 Å². The van der Waals surface area contributed by atoms with E-state index in [2.05, 4.69) is 5.32 Å². The van der Waals surface area contributed by atoms with Crippen LogP contribution in [0.1, 0.15) is 30.9 Å². The van der Waals surface area contributed by atoms with Crippen molar-refractivity contribution in [1.82, 2.24) is 5.32 Å². The Morgan fingerprint density at radius 3 is 2.94 bits per heavy atom. The summed E-state index contributed by atoms with van der Waals surface area (Å²) in [6, 6.07) is 4.90. The molecule has 0 spiro atoms. The average Bonchev–Trinajstić information content (AvgIpc) is 2.39. The summed E-state index contributed by atoms with van der Waals surface area (Å²) in [4.78, 5) is 11.0. The molecular weight excluding hydrogens is 254 g/mol. The Hall–Kier alpha value is -1.26. The van der Waals surface area contributed by atoms with Crippen LogP contribution in [0.5, 0.6) is 5.75 Å². The molecule has 1 aliphatic rings. The number of ether oxygens (including phenoxy) is 1. The number of rotatable bonds is 3. The summed E-state index contributed by atoms with van der Waals surface area (Å²) in [6.45, 7) is 0. The van der Waals surface area contributed by atoms with Gasteiger partial charge in [-0.2, -0.15) is 0 Å². The van der Waals surface area contributed by atoms with Crippen molar-refractivity contribution in [3.63, 3.8) is 0 Å². The lowest BCUT2D eigenvalue weighted by molar-refractivity contribution is -0.140. The molecule has 1 aromatic carbocycles. The zero-order valence-corrected chi connectivity index (χ0v) is 10.9. The minimum Gasteiger partial charge on any atom is -0.496 e. The SMILES string of the molecule is COc1ccc(Cl)cc1C1CCCC(C(=O)O)N1. The van der Waals surface area contributed by atoms with Gasteiger partial charge < -0.3 is 9.84 Å². The van der Waals surface area contributed by atoms with E-state index in [9.17, 15) is 4.79 Å². The third-order valence-corrected chi connectivity index (χ3v) is 3.49. The van der Waals surface area contributed by atoms with E-state index in [-0.39, 0.29) is 6.04 Å². The van der Waals surface area contributed by atoms with Crippen LogP contribution in [0.3, 0.4) is 0 Å². The molecular formula is C13H16ClNO3. The molecule has 2 N–H and O–H groups in total. The first-order chi connectivity index (χ1) is 8.61. The summed E-state index contributed by atoms with van der Waals surface area (Å²) in [5.41, 5.74) is 0.927. The number of hydrogen-bond acceptors (Lipinski definition) is 3. The Morgan fingerprint density at radius 1 is 1.50 bits per heavy atom. The first-order valence-corrected chi connectivity index (χ1v) is 6.32. The van der Waals surface area contributed by atoms with Gasteiger partial charge in [-0.25, -0.2) is 0 Å². The molecule has 5 heteroatoms. The number of halogens is 1. The molecule has 98 valence electrons. The first kappa shape index (κ1) is 13.2. The van der Waals surface area contributed by atoms with Crippen molar-refractivity contribution in [3.05, 3.63) is 28.8 Å². The molecule has 0 bridgehead atoms. The van der Waals surface area contributed by atoms with E-state index < -0.39 is 12.0 Å². The monoisotopic (exact) mass is 269 g/mol. The number of carboxylic acid groups (broad SMARTS) is 1. The van der Waals surface area contributed by atoms with Gasteiger partial charge in [-0.3, -0.25) is 10.1 Å². The van der Waals surface area contributed by atoms with Gasteiger partial charge in [0.15, 0.2) is 0 Å².